The predicted molar refractivity (Wildman–Crippen MR) is 75.8 cm³/mol. The summed E-state index contributed by atoms with van der Waals surface area (Å²) in [5.74, 6) is 0.746. The number of hydrogen-bond donors (Lipinski definition) is 2. The lowest BCUT2D eigenvalue weighted by atomic mass is 10.2. The van der Waals surface area contributed by atoms with Crippen LogP contribution in [0.3, 0.4) is 0 Å². The van der Waals surface area contributed by atoms with Crippen LogP contribution >= 0.6 is 11.8 Å². The van der Waals surface area contributed by atoms with Crippen molar-refractivity contribution in [1.82, 2.24) is 10.3 Å². The standard InChI is InChI=1S/C11H16N4O3S/c1-3-12-10-6-8(9(7-14-10)15(17)18)11(16)13-4-5-19-2/h6-7H,3-5H2,1-2H3,(H,12,14)(H,13,16). The summed E-state index contributed by atoms with van der Waals surface area (Å²) < 4.78 is 0. The predicted octanol–water partition coefficient (Wildman–Crippen LogP) is 1.51. The summed E-state index contributed by atoms with van der Waals surface area (Å²) in [5, 5.41) is 16.4. The van der Waals surface area contributed by atoms with Gasteiger partial charge in [-0.05, 0) is 13.2 Å². The molecule has 0 unspecified atom stereocenters. The fourth-order valence-electron chi connectivity index (χ4n) is 1.42. The van der Waals surface area contributed by atoms with E-state index in [1.54, 1.807) is 11.8 Å². The summed E-state index contributed by atoms with van der Waals surface area (Å²) in [6, 6.07) is 1.40. The molecule has 1 aromatic heterocycles. The normalized spacial score (nSPS) is 10.0. The molecule has 1 heterocycles. The van der Waals surface area contributed by atoms with E-state index in [0.29, 0.717) is 18.9 Å². The third kappa shape index (κ3) is 4.40. The molecule has 0 atom stereocenters. The number of nitrogens with one attached hydrogen (secondary N) is 2. The number of anilines is 1. The summed E-state index contributed by atoms with van der Waals surface area (Å²) in [4.78, 5) is 26.1. The Labute approximate surface area is 115 Å². The van der Waals surface area contributed by atoms with Gasteiger partial charge in [-0.3, -0.25) is 14.9 Å². The Morgan fingerprint density at radius 3 is 2.89 bits per heavy atom. The Balaban J connectivity index is 2.96. The van der Waals surface area contributed by atoms with Crippen LogP contribution in [0, 0.1) is 10.1 Å². The third-order valence-electron chi connectivity index (χ3n) is 2.27. The second kappa shape index (κ2) is 7.57. The number of pyridine rings is 1. The van der Waals surface area contributed by atoms with Gasteiger partial charge in [0, 0.05) is 24.9 Å². The molecule has 0 fully saturated rings. The van der Waals surface area contributed by atoms with Gasteiger partial charge in [0.2, 0.25) is 0 Å². The average molecular weight is 284 g/mol. The van der Waals surface area contributed by atoms with Gasteiger partial charge < -0.3 is 10.6 Å². The first-order chi connectivity index (χ1) is 9.10. The fourth-order valence-corrected chi connectivity index (χ4v) is 1.72. The Morgan fingerprint density at radius 2 is 2.32 bits per heavy atom. The fraction of sp³-hybridized carbons (Fsp3) is 0.455. The van der Waals surface area contributed by atoms with Crippen molar-refractivity contribution in [2.24, 2.45) is 0 Å². The zero-order valence-electron chi connectivity index (χ0n) is 10.8. The molecule has 1 rings (SSSR count). The first-order valence-electron chi connectivity index (χ1n) is 5.75. The average Bonchev–Trinajstić information content (AvgIpc) is 2.39. The number of nitrogens with zero attached hydrogens (tertiary/aromatic N) is 2. The van der Waals surface area contributed by atoms with Crippen LogP contribution in [-0.2, 0) is 0 Å². The maximum absolute atomic E-state index is 11.9. The smallest absolute Gasteiger partial charge is 0.300 e. The highest BCUT2D eigenvalue weighted by Gasteiger charge is 2.21. The number of hydrogen-bond acceptors (Lipinski definition) is 6. The molecule has 0 saturated carbocycles. The molecule has 1 amide bonds. The quantitative estimate of drug-likeness (QED) is 0.447. The van der Waals surface area contributed by atoms with Crippen LogP contribution in [0.15, 0.2) is 12.3 Å². The van der Waals surface area contributed by atoms with Crippen molar-refractivity contribution >= 4 is 29.2 Å². The van der Waals surface area contributed by atoms with Crippen molar-refractivity contribution in [2.45, 2.75) is 6.92 Å². The molecule has 7 nitrogen and oxygen atoms in total. The van der Waals surface area contributed by atoms with Crippen LogP contribution in [0.25, 0.3) is 0 Å². The number of thioether (sulfide) groups is 1. The monoisotopic (exact) mass is 284 g/mol. The molecule has 0 spiro atoms. The largest absolute Gasteiger partial charge is 0.370 e. The molecular formula is C11H16N4O3S. The second-order valence-electron chi connectivity index (χ2n) is 3.62. The summed E-state index contributed by atoms with van der Waals surface area (Å²) in [7, 11) is 0. The van der Waals surface area contributed by atoms with Crippen molar-refractivity contribution in [1.29, 1.82) is 0 Å². The molecule has 0 bridgehead atoms. The van der Waals surface area contributed by atoms with Gasteiger partial charge in [-0.1, -0.05) is 0 Å². The number of rotatable bonds is 7. The van der Waals surface area contributed by atoms with Crippen LogP contribution in [-0.4, -0.2) is 40.9 Å². The highest BCUT2D eigenvalue weighted by molar-refractivity contribution is 7.98. The van der Waals surface area contributed by atoms with E-state index >= 15 is 0 Å². The lowest BCUT2D eigenvalue weighted by molar-refractivity contribution is -0.385. The number of aromatic nitrogens is 1. The van der Waals surface area contributed by atoms with Gasteiger partial charge in [0.25, 0.3) is 11.6 Å². The van der Waals surface area contributed by atoms with Gasteiger partial charge in [-0.2, -0.15) is 11.8 Å². The van der Waals surface area contributed by atoms with Crippen molar-refractivity contribution in [3.05, 3.63) is 27.9 Å². The topological polar surface area (TPSA) is 97.2 Å². The first kappa shape index (κ1) is 15.2. The Kier molecular flexibility index (Phi) is 6.07. The van der Waals surface area contributed by atoms with Crippen molar-refractivity contribution < 1.29 is 9.72 Å². The van der Waals surface area contributed by atoms with Crippen LogP contribution in [0.4, 0.5) is 11.5 Å². The SMILES string of the molecule is CCNc1cc(C(=O)NCCSC)c([N+](=O)[O-])cn1. The van der Waals surface area contributed by atoms with Crippen LogP contribution in [0.2, 0.25) is 0 Å². The molecule has 0 aliphatic rings. The van der Waals surface area contributed by atoms with Gasteiger partial charge in [0.1, 0.15) is 17.6 Å². The Bertz CT molecular complexity index is 467. The minimum Gasteiger partial charge on any atom is -0.370 e. The van der Waals surface area contributed by atoms with E-state index in [1.807, 2.05) is 13.2 Å². The van der Waals surface area contributed by atoms with E-state index in [-0.39, 0.29) is 11.3 Å². The van der Waals surface area contributed by atoms with E-state index in [0.717, 1.165) is 11.9 Å². The molecule has 104 valence electrons. The molecule has 0 radical (unpaired) electrons. The van der Waals surface area contributed by atoms with Crippen LogP contribution in [0.5, 0.6) is 0 Å². The van der Waals surface area contributed by atoms with Crippen molar-refractivity contribution in [3.63, 3.8) is 0 Å². The molecular weight excluding hydrogens is 268 g/mol. The molecule has 0 saturated heterocycles. The lowest BCUT2D eigenvalue weighted by Crippen LogP contribution is -2.26. The molecule has 2 N–H and O–H groups in total. The summed E-state index contributed by atoms with van der Waals surface area (Å²) >= 11 is 1.59. The van der Waals surface area contributed by atoms with Gasteiger partial charge in [-0.15, -0.1) is 0 Å². The van der Waals surface area contributed by atoms with Crippen LogP contribution in [0.1, 0.15) is 17.3 Å². The van der Waals surface area contributed by atoms with Gasteiger partial charge in [0.05, 0.1) is 4.92 Å². The number of amides is 1. The maximum Gasteiger partial charge on any atom is 0.300 e. The van der Waals surface area contributed by atoms with E-state index in [4.69, 9.17) is 0 Å². The lowest BCUT2D eigenvalue weighted by Gasteiger charge is -2.07. The minimum absolute atomic E-state index is 0.0250. The third-order valence-corrected chi connectivity index (χ3v) is 2.89. The van der Waals surface area contributed by atoms with Crippen molar-refractivity contribution in [3.8, 4) is 0 Å². The van der Waals surface area contributed by atoms with E-state index in [1.165, 1.54) is 6.07 Å². The first-order valence-corrected chi connectivity index (χ1v) is 7.15. The maximum atomic E-state index is 11.9. The van der Waals surface area contributed by atoms with E-state index in [9.17, 15) is 14.9 Å². The minimum atomic E-state index is -0.605. The highest BCUT2D eigenvalue weighted by Crippen LogP contribution is 2.20. The summed E-state index contributed by atoms with van der Waals surface area (Å²) in [6.45, 7) is 2.97. The molecule has 8 heteroatoms. The van der Waals surface area contributed by atoms with E-state index < -0.39 is 10.8 Å². The zero-order valence-corrected chi connectivity index (χ0v) is 11.6. The zero-order chi connectivity index (χ0) is 14.3. The molecule has 1 aromatic rings. The number of nitro groups is 1. The number of carbonyl (C=O) groups excluding carboxylic acids is 1. The summed E-state index contributed by atoms with van der Waals surface area (Å²) in [6.07, 6.45) is 3.02. The Morgan fingerprint density at radius 1 is 1.58 bits per heavy atom. The van der Waals surface area contributed by atoms with Gasteiger partial charge in [-0.25, -0.2) is 4.98 Å². The second-order valence-corrected chi connectivity index (χ2v) is 4.61. The van der Waals surface area contributed by atoms with Crippen molar-refractivity contribution in [2.75, 3.05) is 30.4 Å². The highest BCUT2D eigenvalue weighted by atomic mass is 32.2. The molecule has 0 aromatic carbocycles. The molecule has 0 aliphatic carbocycles. The summed E-state index contributed by atoms with van der Waals surface area (Å²) in [5.41, 5.74) is -0.264. The molecule has 19 heavy (non-hydrogen) atoms. The molecule has 0 aliphatic heterocycles. The Hall–Kier alpha value is -1.83. The van der Waals surface area contributed by atoms with Crippen LogP contribution < -0.4 is 10.6 Å². The number of carbonyl (C=O) groups is 1. The van der Waals surface area contributed by atoms with Gasteiger partial charge >= 0.3 is 0 Å². The van der Waals surface area contributed by atoms with E-state index in [2.05, 4.69) is 15.6 Å². The van der Waals surface area contributed by atoms with Gasteiger partial charge in [0.15, 0.2) is 0 Å².